The van der Waals surface area contributed by atoms with Crippen molar-refractivity contribution in [3.8, 4) is 5.75 Å². The lowest BCUT2D eigenvalue weighted by Crippen LogP contribution is -2.29. The number of hydrogen-bond donors (Lipinski definition) is 1. The summed E-state index contributed by atoms with van der Waals surface area (Å²) in [5.74, 6) is 0.678. The molecule has 0 aliphatic heterocycles. The zero-order chi connectivity index (χ0) is 14.7. The topological polar surface area (TPSA) is 35.2 Å². The largest absolute Gasteiger partial charge is 0.483 e. The molecule has 0 aliphatic rings. The van der Waals surface area contributed by atoms with E-state index in [0.717, 1.165) is 11.1 Å². The Kier molecular flexibility index (Phi) is 4.69. The fraction of sp³-hybridized carbons (Fsp3) is 0.294. The first-order valence-corrected chi connectivity index (χ1v) is 7.10. The Bertz CT molecular complexity index is 595. The lowest BCUT2D eigenvalue weighted by Gasteiger charge is -2.25. The molecule has 0 aromatic heterocycles. The highest BCUT2D eigenvalue weighted by molar-refractivity contribution is 6.32. The van der Waals surface area contributed by atoms with Gasteiger partial charge in [-0.05, 0) is 49.6 Å². The predicted molar refractivity (Wildman–Crippen MR) is 84.4 cm³/mol. The first-order valence-electron chi connectivity index (χ1n) is 6.73. The summed E-state index contributed by atoms with van der Waals surface area (Å²) in [7, 11) is 0. The van der Waals surface area contributed by atoms with Crippen LogP contribution in [0.1, 0.15) is 29.7 Å². The third kappa shape index (κ3) is 3.33. The SMILES string of the molecule is Cc1ccc(Cl)c(OC(c2ccccc2C)C(C)N)c1. The predicted octanol–water partition coefficient (Wildman–Crippen LogP) is 4.42. The van der Waals surface area contributed by atoms with Gasteiger partial charge in [-0.1, -0.05) is 41.9 Å². The second-order valence-corrected chi connectivity index (χ2v) is 5.60. The lowest BCUT2D eigenvalue weighted by atomic mass is 9.99. The van der Waals surface area contributed by atoms with E-state index >= 15 is 0 Å². The van der Waals surface area contributed by atoms with Crippen LogP contribution >= 0.6 is 11.6 Å². The number of aryl methyl sites for hydroxylation is 2. The minimum atomic E-state index is -0.213. The van der Waals surface area contributed by atoms with E-state index in [1.54, 1.807) is 0 Å². The number of nitrogens with two attached hydrogens (primary N) is 1. The van der Waals surface area contributed by atoms with Crippen LogP contribution in [0, 0.1) is 13.8 Å². The van der Waals surface area contributed by atoms with Crippen molar-refractivity contribution >= 4 is 11.6 Å². The molecule has 106 valence electrons. The molecule has 0 amide bonds. The van der Waals surface area contributed by atoms with Crippen LogP contribution in [0.4, 0.5) is 0 Å². The monoisotopic (exact) mass is 289 g/mol. The zero-order valence-electron chi connectivity index (χ0n) is 12.1. The molecule has 2 rings (SSSR count). The van der Waals surface area contributed by atoms with E-state index in [1.807, 2.05) is 50.2 Å². The van der Waals surface area contributed by atoms with Crippen LogP contribution in [0.3, 0.4) is 0 Å². The summed E-state index contributed by atoms with van der Waals surface area (Å²) in [4.78, 5) is 0. The van der Waals surface area contributed by atoms with Crippen molar-refractivity contribution in [1.29, 1.82) is 0 Å². The summed E-state index contributed by atoms with van der Waals surface area (Å²) < 4.78 is 6.10. The standard InChI is InChI=1S/C17H20ClNO/c1-11-8-9-15(18)16(10-11)20-17(13(3)19)14-7-5-4-6-12(14)2/h4-10,13,17H,19H2,1-3H3. The third-order valence-corrected chi connectivity index (χ3v) is 3.63. The van der Waals surface area contributed by atoms with Crippen LogP contribution in [-0.2, 0) is 0 Å². The van der Waals surface area contributed by atoms with Crippen LogP contribution in [0.2, 0.25) is 5.02 Å². The first kappa shape index (κ1) is 14.9. The van der Waals surface area contributed by atoms with Gasteiger partial charge in [-0.3, -0.25) is 0 Å². The Labute approximate surface area is 125 Å². The van der Waals surface area contributed by atoms with Gasteiger partial charge in [-0.25, -0.2) is 0 Å². The average Bonchev–Trinajstić information content (AvgIpc) is 2.40. The molecule has 0 saturated carbocycles. The summed E-state index contributed by atoms with van der Waals surface area (Å²) in [5, 5.41) is 0.606. The molecule has 2 N–H and O–H groups in total. The van der Waals surface area contributed by atoms with Crippen molar-refractivity contribution in [2.24, 2.45) is 5.73 Å². The van der Waals surface area contributed by atoms with E-state index in [1.165, 1.54) is 5.56 Å². The maximum atomic E-state index is 6.21. The summed E-state index contributed by atoms with van der Waals surface area (Å²) in [6.07, 6.45) is -0.213. The van der Waals surface area contributed by atoms with Gasteiger partial charge in [0.25, 0.3) is 0 Å². The molecule has 0 aliphatic carbocycles. The summed E-state index contributed by atoms with van der Waals surface area (Å²) in [6.45, 7) is 6.02. The van der Waals surface area contributed by atoms with E-state index < -0.39 is 0 Å². The summed E-state index contributed by atoms with van der Waals surface area (Å²) in [5.41, 5.74) is 9.48. The molecule has 0 radical (unpaired) electrons. The van der Waals surface area contributed by atoms with Crippen LogP contribution < -0.4 is 10.5 Å². The van der Waals surface area contributed by atoms with Crippen molar-refractivity contribution < 1.29 is 4.74 Å². The zero-order valence-corrected chi connectivity index (χ0v) is 12.8. The summed E-state index contributed by atoms with van der Waals surface area (Å²) in [6, 6.07) is 13.7. The van der Waals surface area contributed by atoms with Crippen molar-refractivity contribution in [2.45, 2.75) is 32.9 Å². The molecule has 3 heteroatoms. The van der Waals surface area contributed by atoms with Crippen molar-refractivity contribution in [2.75, 3.05) is 0 Å². The van der Waals surface area contributed by atoms with Gasteiger partial charge >= 0.3 is 0 Å². The van der Waals surface area contributed by atoms with E-state index in [2.05, 4.69) is 13.0 Å². The molecule has 0 spiro atoms. The van der Waals surface area contributed by atoms with Gasteiger partial charge in [0.15, 0.2) is 0 Å². The molecule has 2 atom stereocenters. The fourth-order valence-corrected chi connectivity index (χ4v) is 2.36. The van der Waals surface area contributed by atoms with E-state index in [9.17, 15) is 0 Å². The molecule has 0 fully saturated rings. The fourth-order valence-electron chi connectivity index (χ4n) is 2.20. The van der Waals surface area contributed by atoms with Gasteiger partial charge < -0.3 is 10.5 Å². The normalized spacial score (nSPS) is 13.8. The highest BCUT2D eigenvalue weighted by Gasteiger charge is 2.21. The minimum Gasteiger partial charge on any atom is -0.483 e. The highest BCUT2D eigenvalue weighted by Crippen LogP contribution is 2.32. The van der Waals surface area contributed by atoms with Gasteiger partial charge in [0, 0.05) is 6.04 Å². The lowest BCUT2D eigenvalue weighted by molar-refractivity contribution is 0.180. The smallest absolute Gasteiger partial charge is 0.139 e. The number of hydrogen-bond acceptors (Lipinski definition) is 2. The highest BCUT2D eigenvalue weighted by atomic mass is 35.5. The third-order valence-electron chi connectivity index (χ3n) is 3.31. The van der Waals surface area contributed by atoms with Gasteiger partial charge in [0.05, 0.1) is 5.02 Å². The van der Waals surface area contributed by atoms with Crippen LogP contribution in [-0.4, -0.2) is 6.04 Å². The van der Waals surface area contributed by atoms with Crippen molar-refractivity contribution in [1.82, 2.24) is 0 Å². The van der Waals surface area contributed by atoms with Crippen LogP contribution in [0.25, 0.3) is 0 Å². The molecule has 2 aromatic carbocycles. The van der Waals surface area contributed by atoms with E-state index in [-0.39, 0.29) is 12.1 Å². The molecule has 0 heterocycles. The van der Waals surface area contributed by atoms with Gasteiger partial charge in [-0.2, -0.15) is 0 Å². The number of halogens is 1. The summed E-state index contributed by atoms with van der Waals surface area (Å²) >= 11 is 6.21. The number of ether oxygens (including phenoxy) is 1. The van der Waals surface area contributed by atoms with Gasteiger partial charge in [0.2, 0.25) is 0 Å². The Morgan fingerprint density at radius 2 is 1.80 bits per heavy atom. The van der Waals surface area contributed by atoms with Crippen molar-refractivity contribution in [3.63, 3.8) is 0 Å². The quantitative estimate of drug-likeness (QED) is 0.904. The molecule has 0 bridgehead atoms. The molecule has 2 aromatic rings. The van der Waals surface area contributed by atoms with Crippen molar-refractivity contribution in [3.05, 3.63) is 64.2 Å². The van der Waals surface area contributed by atoms with E-state index in [0.29, 0.717) is 10.8 Å². The number of benzene rings is 2. The minimum absolute atomic E-state index is 0.132. The second kappa shape index (κ2) is 6.29. The average molecular weight is 290 g/mol. The maximum absolute atomic E-state index is 6.21. The Balaban J connectivity index is 2.36. The molecule has 0 saturated heterocycles. The molecule has 20 heavy (non-hydrogen) atoms. The first-order chi connectivity index (χ1) is 9.49. The molecular formula is C17H20ClNO. The van der Waals surface area contributed by atoms with E-state index in [4.69, 9.17) is 22.1 Å². The maximum Gasteiger partial charge on any atom is 0.139 e. The Hall–Kier alpha value is -1.51. The Morgan fingerprint density at radius 3 is 2.45 bits per heavy atom. The van der Waals surface area contributed by atoms with Gasteiger partial charge in [-0.15, -0.1) is 0 Å². The Morgan fingerprint density at radius 1 is 1.10 bits per heavy atom. The molecule has 2 unspecified atom stereocenters. The second-order valence-electron chi connectivity index (χ2n) is 5.19. The van der Waals surface area contributed by atoms with Crippen LogP contribution in [0.15, 0.2) is 42.5 Å². The molecular weight excluding hydrogens is 270 g/mol. The van der Waals surface area contributed by atoms with Crippen LogP contribution in [0.5, 0.6) is 5.75 Å². The van der Waals surface area contributed by atoms with Gasteiger partial charge in [0.1, 0.15) is 11.9 Å². The number of rotatable bonds is 4. The molecule has 2 nitrogen and oxygen atoms in total.